The first-order valence-electron chi connectivity index (χ1n) is 6.43. The summed E-state index contributed by atoms with van der Waals surface area (Å²) in [7, 11) is 0. The minimum absolute atomic E-state index is 0.452. The summed E-state index contributed by atoms with van der Waals surface area (Å²) in [5.74, 6) is 3.41. The predicted molar refractivity (Wildman–Crippen MR) is 69.9 cm³/mol. The van der Waals surface area contributed by atoms with E-state index in [4.69, 9.17) is 10.3 Å². The van der Waals surface area contributed by atoms with Crippen LogP contribution in [0.2, 0.25) is 0 Å². The fourth-order valence-electron chi connectivity index (χ4n) is 1.93. The van der Waals surface area contributed by atoms with Crippen LogP contribution in [0.1, 0.15) is 49.6 Å². The van der Waals surface area contributed by atoms with Crippen LogP contribution in [-0.4, -0.2) is 22.4 Å². The molecule has 2 heterocycles. The lowest BCUT2D eigenvalue weighted by atomic mass is 10.1. The second-order valence-electron chi connectivity index (χ2n) is 4.78. The van der Waals surface area contributed by atoms with Crippen molar-refractivity contribution in [3.63, 3.8) is 0 Å². The summed E-state index contributed by atoms with van der Waals surface area (Å²) in [4.78, 5) is 4.50. The summed E-state index contributed by atoms with van der Waals surface area (Å²) >= 11 is 1.95. The highest BCUT2D eigenvalue weighted by molar-refractivity contribution is 7.99. The fraction of sp³-hybridized carbons (Fsp3) is 0.833. The van der Waals surface area contributed by atoms with Crippen LogP contribution in [-0.2, 0) is 6.42 Å². The maximum absolute atomic E-state index is 5.59. The molecule has 2 rings (SSSR count). The summed E-state index contributed by atoms with van der Waals surface area (Å²) in [5.41, 5.74) is 5.59. The molecule has 0 bridgehead atoms. The van der Waals surface area contributed by atoms with Crippen LogP contribution in [0.15, 0.2) is 4.52 Å². The fourth-order valence-corrected chi connectivity index (χ4v) is 3.17. The molecule has 1 aliphatic heterocycles. The van der Waals surface area contributed by atoms with E-state index in [-0.39, 0.29) is 0 Å². The lowest BCUT2D eigenvalue weighted by molar-refractivity contribution is 0.360. The Labute approximate surface area is 107 Å². The molecule has 0 aliphatic carbocycles. The third kappa shape index (κ3) is 3.71. The van der Waals surface area contributed by atoms with E-state index in [0.717, 1.165) is 31.1 Å². The first-order chi connectivity index (χ1) is 8.29. The molecule has 1 aromatic heterocycles. The second kappa shape index (κ2) is 6.40. The minimum atomic E-state index is 0.452. The van der Waals surface area contributed by atoms with Crippen LogP contribution in [0.5, 0.6) is 0 Å². The highest BCUT2D eigenvalue weighted by Crippen LogP contribution is 2.36. The van der Waals surface area contributed by atoms with Crippen molar-refractivity contribution in [3.8, 4) is 0 Å². The summed E-state index contributed by atoms with van der Waals surface area (Å²) < 4.78 is 5.30. The Hall–Kier alpha value is -0.550. The van der Waals surface area contributed by atoms with Crippen LogP contribution in [0.4, 0.5) is 0 Å². The van der Waals surface area contributed by atoms with Gasteiger partial charge in [-0.05, 0) is 37.5 Å². The third-order valence-electron chi connectivity index (χ3n) is 3.20. The van der Waals surface area contributed by atoms with Gasteiger partial charge in [-0.1, -0.05) is 18.5 Å². The molecule has 2 atom stereocenters. The molecule has 0 saturated carbocycles. The monoisotopic (exact) mass is 255 g/mol. The van der Waals surface area contributed by atoms with E-state index >= 15 is 0 Å². The number of aryl methyl sites for hydroxylation is 1. The SMILES string of the molecule is CC(CN)CCc1nc(C2CCCCS2)no1. The summed E-state index contributed by atoms with van der Waals surface area (Å²) in [6.07, 6.45) is 5.66. The number of rotatable bonds is 5. The van der Waals surface area contributed by atoms with Gasteiger partial charge in [0.1, 0.15) is 0 Å². The van der Waals surface area contributed by atoms with Gasteiger partial charge in [0, 0.05) is 6.42 Å². The first-order valence-corrected chi connectivity index (χ1v) is 7.48. The summed E-state index contributed by atoms with van der Waals surface area (Å²) in [6.45, 7) is 2.87. The van der Waals surface area contributed by atoms with Gasteiger partial charge in [-0.3, -0.25) is 0 Å². The molecular weight excluding hydrogens is 234 g/mol. The second-order valence-corrected chi connectivity index (χ2v) is 6.09. The molecule has 0 aromatic carbocycles. The number of nitrogens with zero attached hydrogens (tertiary/aromatic N) is 2. The molecule has 17 heavy (non-hydrogen) atoms. The van der Waals surface area contributed by atoms with Gasteiger partial charge in [-0.2, -0.15) is 16.7 Å². The van der Waals surface area contributed by atoms with Crippen molar-refractivity contribution < 1.29 is 4.52 Å². The molecule has 2 unspecified atom stereocenters. The van der Waals surface area contributed by atoms with Gasteiger partial charge in [0.05, 0.1) is 5.25 Å². The summed E-state index contributed by atoms with van der Waals surface area (Å²) in [6, 6.07) is 0. The van der Waals surface area contributed by atoms with Gasteiger partial charge < -0.3 is 10.3 Å². The van der Waals surface area contributed by atoms with Crippen molar-refractivity contribution in [3.05, 3.63) is 11.7 Å². The number of aromatic nitrogens is 2. The Morgan fingerprint density at radius 3 is 3.12 bits per heavy atom. The quantitative estimate of drug-likeness (QED) is 0.876. The van der Waals surface area contributed by atoms with E-state index in [1.165, 1.54) is 25.0 Å². The van der Waals surface area contributed by atoms with Gasteiger partial charge in [-0.15, -0.1) is 0 Å². The Kier molecular flexibility index (Phi) is 4.86. The van der Waals surface area contributed by atoms with Gasteiger partial charge in [-0.25, -0.2) is 0 Å². The minimum Gasteiger partial charge on any atom is -0.339 e. The highest BCUT2D eigenvalue weighted by atomic mass is 32.2. The van der Waals surface area contributed by atoms with Crippen molar-refractivity contribution >= 4 is 11.8 Å². The molecule has 0 radical (unpaired) electrons. The molecule has 96 valence electrons. The van der Waals surface area contributed by atoms with E-state index in [2.05, 4.69) is 17.1 Å². The van der Waals surface area contributed by atoms with Crippen LogP contribution in [0.3, 0.4) is 0 Å². The Morgan fingerprint density at radius 2 is 2.41 bits per heavy atom. The standard InChI is InChI=1S/C12H21N3OS/c1-9(8-13)5-6-11-14-12(15-16-11)10-4-2-3-7-17-10/h9-10H,2-8,13H2,1H3. The van der Waals surface area contributed by atoms with E-state index < -0.39 is 0 Å². The molecule has 1 aromatic rings. The molecule has 1 fully saturated rings. The van der Waals surface area contributed by atoms with Gasteiger partial charge in [0.2, 0.25) is 5.89 Å². The van der Waals surface area contributed by atoms with Gasteiger partial charge in [0.25, 0.3) is 0 Å². The lowest BCUT2D eigenvalue weighted by Crippen LogP contribution is -2.11. The van der Waals surface area contributed by atoms with Crippen molar-refractivity contribution in [1.82, 2.24) is 10.1 Å². The van der Waals surface area contributed by atoms with Crippen LogP contribution in [0.25, 0.3) is 0 Å². The number of hydrogen-bond acceptors (Lipinski definition) is 5. The summed E-state index contributed by atoms with van der Waals surface area (Å²) in [5, 5.41) is 4.56. The van der Waals surface area contributed by atoms with Crippen LogP contribution >= 0.6 is 11.8 Å². The van der Waals surface area contributed by atoms with Crippen LogP contribution in [0, 0.1) is 5.92 Å². The van der Waals surface area contributed by atoms with E-state index in [1.54, 1.807) is 0 Å². The van der Waals surface area contributed by atoms with Crippen molar-refractivity contribution in [2.24, 2.45) is 11.7 Å². The Balaban J connectivity index is 1.86. The molecule has 1 saturated heterocycles. The average Bonchev–Trinajstić information content (AvgIpc) is 2.86. The van der Waals surface area contributed by atoms with E-state index in [0.29, 0.717) is 11.2 Å². The van der Waals surface area contributed by atoms with E-state index in [9.17, 15) is 0 Å². The molecule has 0 amide bonds. The maximum Gasteiger partial charge on any atom is 0.226 e. The smallest absolute Gasteiger partial charge is 0.226 e. The lowest BCUT2D eigenvalue weighted by Gasteiger charge is -2.17. The number of thioether (sulfide) groups is 1. The normalized spacial score (nSPS) is 22.6. The zero-order valence-electron chi connectivity index (χ0n) is 10.4. The molecule has 1 aliphatic rings. The van der Waals surface area contributed by atoms with Crippen LogP contribution < -0.4 is 5.73 Å². The van der Waals surface area contributed by atoms with Gasteiger partial charge in [0.15, 0.2) is 5.82 Å². The van der Waals surface area contributed by atoms with E-state index in [1.807, 2.05) is 11.8 Å². The third-order valence-corrected chi connectivity index (χ3v) is 4.58. The predicted octanol–water partition coefficient (Wildman–Crippen LogP) is 2.56. The highest BCUT2D eigenvalue weighted by Gasteiger charge is 2.21. The number of nitrogens with two attached hydrogens (primary N) is 1. The average molecular weight is 255 g/mol. The Morgan fingerprint density at radius 1 is 1.53 bits per heavy atom. The topological polar surface area (TPSA) is 64.9 Å². The Bertz CT molecular complexity index is 336. The first kappa shape index (κ1) is 12.9. The molecule has 0 spiro atoms. The zero-order chi connectivity index (χ0) is 12.1. The molecule has 2 N–H and O–H groups in total. The maximum atomic E-state index is 5.59. The molecule has 5 heteroatoms. The van der Waals surface area contributed by atoms with Crippen molar-refractivity contribution in [1.29, 1.82) is 0 Å². The largest absolute Gasteiger partial charge is 0.339 e. The van der Waals surface area contributed by atoms with Crippen molar-refractivity contribution in [2.75, 3.05) is 12.3 Å². The zero-order valence-corrected chi connectivity index (χ0v) is 11.2. The van der Waals surface area contributed by atoms with Crippen molar-refractivity contribution in [2.45, 2.75) is 44.3 Å². The molecular formula is C12H21N3OS. The molecule has 4 nitrogen and oxygen atoms in total. The number of hydrogen-bond donors (Lipinski definition) is 1. The van der Waals surface area contributed by atoms with Gasteiger partial charge >= 0.3 is 0 Å².